The van der Waals surface area contributed by atoms with Crippen LogP contribution in [0.15, 0.2) is 249 Å². The fraction of sp³-hybridized carbons (Fsp3) is 0.0933. The first-order valence-electron chi connectivity index (χ1n) is 26.8. The largest absolute Gasteiger partial charge is 0.310 e. The third-order valence-electron chi connectivity index (χ3n) is 17.9. The minimum Gasteiger partial charge on any atom is -0.310 e. The normalized spacial score (nSPS) is 15.9. The van der Waals surface area contributed by atoms with Crippen LogP contribution in [0, 0.1) is 0 Å². The van der Waals surface area contributed by atoms with Gasteiger partial charge in [-0.05, 0) is 183 Å². The third kappa shape index (κ3) is 6.20. The summed E-state index contributed by atoms with van der Waals surface area (Å²) in [5.41, 5.74) is 32.4. The lowest BCUT2D eigenvalue weighted by Gasteiger charge is -2.31. The zero-order valence-corrected chi connectivity index (χ0v) is 43.3. The second-order valence-electron chi connectivity index (χ2n) is 22.5. The Morgan fingerprint density at radius 3 is 1.25 bits per heavy atom. The Kier molecular flexibility index (Phi) is 9.49. The molecule has 1 spiro atoms. The lowest BCUT2D eigenvalue weighted by Crippen LogP contribution is -2.26. The Morgan fingerprint density at radius 1 is 0.276 bits per heavy atom. The lowest BCUT2D eigenvalue weighted by molar-refractivity contribution is 0.660. The Bertz CT molecular complexity index is 4210. The number of fused-ring (bicyclic) bond motifs is 16. The Labute approximate surface area is 446 Å². The van der Waals surface area contributed by atoms with Crippen molar-refractivity contribution in [2.75, 3.05) is 4.90 Å². The highest BCUT2D eigenvalue weighted by atomic mass is 15.1. The van der Waals surface area contributed by atoms with Crippen molar-refractivity contribution >= 4 is 23.1 Å². The molecular formula is C75H55N. The van der Waals surface area contributed by atoms with E-state index in [1.165, 1.54) is 122 Å². The highest BCUT2D eigenvalue weighted by molar-refractivity contribution is 5.98. The summed E-state index contributed by atoms with van der Waals surface area (Å²) >= 11 is 0. The number of rotatable bonds is 7. The van der Waals surface area contributed by atoms with E-state index in [0.29, 0.717) is 0 Å². The van der Waals surface area contributed by atoms with Crippen molar-refractivity contribution in [3.63, 3.8) is 0 Å². The molecule has 76 heavy (non-hydrogen) atoms. The first-order valence-corrected chi connectivity index (χ1v) is 26.8. The highest BCUT2D eigenvalue weighted by Gasteiger charge is 2.52. The zero-order chi connectivity index (χ0) is 51.1. The van der Waals surface area contributed by atoms with Gasteiger partial charge in [0.2, 0.25) is 0 Å². The summed E-state index contributed by atoms with van der Waals surface area (Å²) in [6, 6.07) is 91.8. The van der Waals surface area contributed by atoms with E-state index in [-0.39, 0.29) is 10.8 Å². The van der Waals surface area contributed by atoms with E-state index in [1.54, 1.807) is 0 Å². The van der Waals surface area contributed by atoms with Gasteiger partial charge < -0.3 is 4.90 Å². The van der Waals surface area contributed by atoms with E-state index < -0.39 is 5.41 Å². The first-order chi connectivity index (χ1) is 37.1. The lowest BCUT2D eigenvalue weighted by atomic mass is 9.70. The summed E-state index contributed by atoms with van der Waals surface area (Å²) in [6.07, 6.45) is 1.91. The molecule has 0 radical (unpaired) electrons. The average Bonchev–Trinajstić information content (AvgIpc) is 4.31. The van der Waals surface area contributed by atoms with E-state index >= 15 is 0 Å². The summed E-state index contributed by atoms with van der Waals surface area (Å²) in [5, 5.41) is 0. The number of hydrogen-bond acceptors (Lipinski definition) is 1. The van der Waals surface area contributed by atoms with Gasteiger partial charge in [-0.15, -0.1) is 0 Å². The number of benzene rings is 11. The summed E-state index contributed by atoms with van der Waals surface area (Å²) in [4.78, 5) is 2.47. The van der Waals surface area contributed by atoms with Crippen molar-refractivity contribution in [2.45, 2.75) is 43.9 Å². The quantitative estimate of drug-likeness (QED) is 0.154. The molecule has 1 atom stereocenters. The van der Waals surface area contributed by atoms with Gasteiger partial charge in [-0.25, -0.2) is 0 Å². The summed E-state index contributed by atoms with van der Waals surface area (Å²) in [5.74, 6) is 0. The molecule has 0 heterocycles. The van der Waals surface area contributed by atoms with Gasteiger partial charge in [0.25, 0.3) is 0 Å². The van der Waals surface area contributed by atoms with Crippen LogP contribution in [-0.2, 0) is 16.2 Å². The molecule has 0 bridgehead atoms. The molecular weight excluding hydrogens is 915 g/mol. The SMILES string of the molecule is C=Cc1ccc(-c2ccc3c(c2)C2(c4ccccc4-3)c3ccccc3-c3ccc(-c4ccc5c(c4)C(C)(C)c4ccc(N(c6ccc(-c7ccccc7)cc6)c6ccc7c(c6)C(C)(C)c6ccccc6-7)cc4-5)cc32)cc1. The molecule has 4 aliphatic carbocycles. The molecule has 0 saturated carbocycles. The van der Waals surface area contributed by atoms with Crippen LogP contribution in [0.1, 0.15) is 77.8 Å². The molecule has 0 saturated heterocycles. The average molecular weight is 970 g/mol. The van der Waals surface area contributed by atoms with Gasteiger partial charge in [0.1, 0.15) is 0 Å². The van der Waals surface area contributed by atoms with Crippen molar-refractivity contribution in [2.24, 2.45) is 0 Å². The maximum absolute atomic E-state index is 4.01. The van der Waals surface area contributed by atoms with Crippen LogP contribution >= 0.6 is 0 Å². The first kappa shape index (κ1) is 44.4. The van der Waals surface area contributed by atoms with Crippen LogP contribution in [0.25, 0.3) is 84.0 Å². The maximum Gasteiger partial charge on any atom is 0.0725 e. The predicted molar refractivity (Wildman–Crippen MR) is 319 cm³/mol. The van der Waals surface area contributed by atoms with Gasteiger partial charge >= 0.3 is 0 Å². The van der Waals surface area contributed by atoms with Gasteiger partial charge in [0, 0.05) is 27.9 Å². The standard InChI is InChI=1S/C75H55N/c1-6-47-24-26-50(27-25-47)51-30-37-61-58-19-11-14-22-67(58)75(71(61)43-51)68-23-15-12-20-59(68)62-38-31-53(44-72(62)75)52-32-39-63-64-45-55(36-41-66(64)74(4,5)69(63)42-52)76(54-33-28-49(29-34-54)48-16-8-7-9-17-48)56-35-40-60-57-18-10-13-21-65(57)73(2,3)70(60)46-56/h6-46H,1H2,2-5H3. The highest BCUT2D eigenvalue weighted by Crippen LogP contribution is 2.64. The van der Waals surface area contributed by atoms with Gasteiger partial charge in [0.15, 0.2) is 0 Å². The van der Waals surface area contributed by atoms with Gasteiger partial charge in [-0.2, -0.15) is 0 Å². The van der Waals surface area contributed by atoms with Crippen molar-refractivity contribution in [3.05, 3.63) is 299 Å². The van der Waals surface area contributed by atoms with Gasteiger partial charge in [0.05, 0.1) is 5.41 Å². The van der Waals surface area contributed by atoms with Crippen molar-refractivity contribution in [1.82, 2.24) is 0 Å². The molecule has 0 aromatic heterocycles. The van der Waals surface area contributed by atoms with E-state index in [0.717, 1.165) is 22.6 Å². The fourth-order valence-electron chi connectivity index (χ4n) is 14.1. The molecule has 0 aliphatic heterocycles. The maximum atomic E-state index is 4.01. The zero-order valence-electron chi connectivity index (χ0n) is 43.3. The summed E-state index contributed by atoms with van der Waals surface area (Å²) < 4.78 is 0. The monoisotopic (exact) mass is 969 g/mol. The van der Waals surface area contributed by atoms with Crippen LogP contribution in [0.4, 0.5) is 17.1 Å². The molecule has 11 aromatic carbocycles. The van der Waals surface area contributed by atoms with Crippen LogP contribution in [0.3, 0.4) is 0 Å². The Hall–Kier alpha value is -9.04. The van der Waals surface area contributed by atoms with E-state index in [4.69, 9.17) is 0 Å². The van der Waals surface area contributed by atoms with Crippen LogP contribution < -0.4 is 4.90 Å². The number of hydrogen-bond donors (Lipinski definition) is 0. The molecule has 1 nitrogen and oxygen atoms in total. The van der Waals surface area contributed by atoms with Crippen LogP contribution in [0.2, 0.25) is 0 Å². The van der Waals surface area contributed by atoms with Crippen LogP contribution in [0.5, 0.6) is 0 Å². The topological polar surface area (TPSA) is 3.24 Å². The number of nitrogens with zero attached hydrogens (tertiary/aromatic N) is 1. The van der Waals surface area contributed by atoms with Gasteiger partial charge in [-0.1, -0.05) is 228 Å². The summed E-state index contributed by atoms with van der Waals surface area (Å²) in [7, 11) is 0. The minimum absolute atomic E-state index is 0.124. The molecule has 360 valence electrons. The second kappa shape index (κ2) is 16.2. The number of anilines is 3. The Morgan fingerprint density at radius 2 is 0.645 bits per heavy atom. The molecule has 1 unspecified atom stereocenters. The van der Waals surface area contributed by atoms with E-state index in [2.05, 4.69) is 282 Å². The smallest absolute Gasteiger partial charge is 0.0725 e. The summed E-state index contributed by atoms with van der Waals surface area (Å²) in [6.45, 7) is 13.6. The minimum atomic E-state index is -0.472. The molecule has 15 rings (SSSR count). The molecule has 0 amide bonds. The van der Waals surface area contributed by atoms with Gasteiger partial charge in [-0.3, -0.25) is 0 Å². The van der Waals surface area contributed by atoms with E-state index in [9.17, 15) is 0 Å². The second-order valence-corrected chi connectivity index (χ2v) is 22.5. The van der Waals surface area contributed by atoms with Crippen molar-refractivity contribution in [1.29, 1.82) is 0 Å². The van der Waals surface area contributed by atoms with Crippen LogP contribution in [-0.4, -0.2) is 0 Å². The van der Waals surface area contributed by atoms with E-state index in [1.807, 2.05) is 6.08 Å². The molecule has 0 fully saturated rings. The fourth-order valence-corrected chi connectivity index (χ4v) is 14.1. The predicted octanol–water partition coefficient (Wildman–Crippen LogP) is 19.8. The molecule has 11 aromatic rings. The molecule has 0 N–H and O–H groups in total. The van der Waals surface area contributed by atoms with Crippen molar-refractivity contribution < 1.29 is 0 Å². The van der Waals surface area contributed by atoms with Crippen molar-refractivity contribution in [3.8, 4) is 77.9 Å². The Balaban J connectivity index is 0.854. The molecule has 1 heteroatoms. The molecule has 4 aliphatic rings. The third-order valence-corrected chi connectivity index (χ3v) is 17.9.